The lowest BCUT2D eigenvalue weighted by Gasteiger charge is -2.20. The predicted octanol–water partition coefficient (Wildman–Crippen LogP) is 6.26. The number of furan rings is 1. The van der Waals surface area contributed by atoms with Crippen LogP contribution in [0.25, 0.3) is 33.6 Å². The SMILES string of the molecule is Cc1ccc(C(=O)OC(C)(C)C)cc1-c1cnc2oc(-c3ccc(F)cc3)c(C(=O)O)c2c1. The Morgan fingerprint density at radius 3 is 2.36 bits per heavy atom. The van der Waals surface area contributed by atoms with E-state index in [0.717, 1.165) is 5.56 Å². The van der Waals surface area contributed by atoms with Gasteiger partial charge in [-0.2, -0.15) is 0 Å². The molecule has 1 N–H and O–H groups in total. The van der Waals surface area contributed by atoms with Gasteiger partial charge in [0.2, 0.25) is 5.71 Å². The quantitative estimate of drug-likeness (QED) is 0.371. The van der Waals surface area contributed by atoms with Crippen molar-refractivity contribution >= 4 is 23.0 Å². The second-order valence-electron chi connectivity index (χ2n) is 8.73. The van der Waals surface area contributed by atoms with Crippen molar-refractivity contribution in [2.24, 2.45) is 0 Å². The molecule has 0 saturated carbocycles. The first-order valence-corrected chi connectivity index (χ1v) is 10.3. The summed E-state index contributed by atoms with van der Waals surface area (Å²) in [6.07, 6.45) is 1.56. The molecule has 0 atom stereocenters. The van der Waals surface area contributed by atoms with Crippen LogP contribution in [0.5, 0.6) is 0 Å². The minimum atomic E-state index is -1.19. The van der Waals surface area contributed by atoms with Gasteiger partial charge in [0, 0.05) is 17.3 Å². The van der Waals surface area contributed by atoms with Gasteiger partial charge in [0.15, 0.2) is 5.76 Å². The summed E-state index contributed by atoms with van der Waals surface area (Å²) < 4.78 is 24.5. The van der Waals surface area contributed by atoms with Crippen molar-refractivity contribution in [2.75, 3.05) is 0 Å². The van der Waals surface area contributed by atoms with E-state index in [1.165, 1.54) is 24.3 Å². The molecule has 0 aliphatic carbocycles. The maximum atomic E-state index is 13.3. The molecule has 7 heteroatoms. The van der Waals surface area contributed by atoms with Gasteiger partial charge in [0.25, 0.3) is 0 Å². The number of carbonyl (C=O) groups is 2. The molecule has 0 spiro atoms. The Morgan fingerprint density at radius 1 is 1.03 bits per heavy atom. The van der Waals surface area contributed by atoms with Crippen LogP contribution in [0.3, 0.4) is 0 Å². The van der Waals surface area contributed by atoms with Gasteiger partial charge in [-0.15, -0.1) is 0 Å². The lowest BCUT2D eigenvalue weighted by molar-refractivity contribution is 0.00693. The average molecular weight is 447 g/mol. The van der Waals surface area contributed by atoms with Gasteiger partial charge in [0.05, 0.1) is 10.9 Å². The first-order chi connectivity index (χ1) is 15.5. The van der Waals surface area contributed by atoms with E-state index < -0.39 is 23.4 Å². The Balaban J connectivity index is 1.84. The lowest BCUT2D eigenvalue weighted by Crippen LogP contribution is -2.23. The Hall–Kier alpha value is -4.00. The van der Waals surface area contributed by atoms with Crippen molar-refractivity contribution in [2.45, 2.75) is 33.3 Å². The van der Waals surface area contributed by atoms with E-state index in [1.54, 1.807) is 51.2 Å². The molecule has 2 aromatic carbocycles. The number of nitrogens with zero attached hydrogens (tertiary/aromatic N) is 1. The minimum Gasteiger partial charge on any atom is -0.478 e. The van der Waals surface area contributed by atoms with Crippen molar-refractivity contribution in [3.8, 4) is 22.5 Å². The number of aromatic carboxylic acids is 1. The number of pyridine rings is 1. The maximum absolute atomic E-state index is 13.3. The molecule has 0 fully saturated rings. The van der Waals surface area contributed by atoms with Crippen LogP contribution in [0.4, 0.5) is 4.39 Å². The average Bonchev–Trinajstić information content (AvgIpc) is 3.12. The van der Waals surface area contributed by atoms with Crippen LogP contribution >= 0.6 is 0 Å². The van der Waals surface area contributed by atoms with Crippen LogP contribution in [0.1, 0.15) is 47.1 Å². The third-order valence-electron chi connectivity index (χ3n) is 5.05. The summed E-state index contributed by atoms with van der Waals surface area (Å²) in [4.78, 5) is 29.0. The van der Waals surface area contributed by atoms with Gasteiger partial charge >= 0.3 is 11.9 Å². The first kappa shape index (κ1) is 22.2. The summed E-state index contributed by atoms with van der Waals surface area (Å²) in [6.45, 7) is 7.27. The maximum Gasteiger partial charge on any atom is 0.340 e. The summed E-state index contributed by atoms with van der Waals surface area (Å²) in [5, 5.41) is 10.2. The highest BCUT2D eigenvalue weighted by Gasteiger charge is 2.24. The number of aromatic nitrogens is 1. The Morgan fingerprint density at radius 2 is 1.73 bits per heavy atom. The van der Waals surface area contributed by atoms with Crippen LogP contribution < -0.4 is 0 Å². The van der Waals surface area contributed by atoms with Crippen LogP contribution in [0.2, 0.25) is 0 Å². The standard InChI is InChI=1S/C26H22FNO5/c1-14-5-6-16(25(31)33-26(2,3)4)11-19(14)17-12-20-21(24(29)30)22(32-23(20)28-13-17)15-7-9-18(27)10-8-15/h5-13H,1-4H3,(H,29,30). The number of aryl methyl sites for hydroxylation is 1. The van der Waals surface area contributed by atoms with Crippen LogP contribution in [0, 0.1) is 12.7 Å². The number of esters is 1. The molecule has 4 rings (SSSR count). The zero-order valence-electron chi connectivity index (χ0n) is 18.6. The fourth-order valence-corrected chi connectivity index (χ4v) is 3.54. The Bertz CT molecular complexity index is 1380. The highest BCUT2D eigenvalue weighted by molar-refractivity contribution is 6.08. The largest absolute Gasteiger partial charge is 0.478 e. The molecule has 2 aromatic heterocycles. The van der Waals surface area contributed by atoms with E-state index in [4.69, 9.17) is 9.15 Å². The van der Waals surface area contributed by atoms with E-state index in [-0.39, 0.29) is 17.0 Å². The molecular weight excluding hydrogens is 425 g/mol. The van der Waals surface area contributed by atoms with Gasteiger partial charge in [-0.05, 0) is 81.3 Å². The molecule has 33 heavy (non-hydrogen) atoms. The number of carbonyl (C=O) groups excluding carboxylic acids is 1. The van der Waals surface area contributed by atoms with Crippen LogP contribution in [-0.2, 0) is 4.74 Å². The molecule has 0 saturated heterocycles. The second-order valence-corrected chi connectivity index (χ2v) is 8.73. The number of carboxylic acid groups (broad SMARTS) is 1. The van der Waals surface area contributed by atoms with E-state index in [1.807, 2.05) is 6.92 Å². The topological polar surface area (TPSA) is 89.6 Å². The van der Waals surface area contributed by atoms with E-state index in [9.17, 15) is 19.1 Å². The smallest absolute Gasteiger partial charge is 0.340 e. The van der Waals surface area contributed by atoms with Crippen molar-refractivity contribution in [1.82, 2.24) is 4.98 Å². The number of ether oxygens (including phenoxy) is 1. The molecule has 0 aliphatic rings. The van der Waals surface area contributed by atoms with Crippen molar-refractivity contribution in [1.29, 1.82) is 0 Å². The van der Waals surface area contributed by atoms with Gasteiger partial charge in [-0.25, -0.2) is 19.0 Å². The highest BCUT2D eigenvalue weighted by Crippen LogP contribution is 2.36. The molecule has 0 aliphatic heterocycles. The van der Waals surface area contributed by atoms with Crippen LogP contribution in [0.15, 0.2) is 59.1 Å². The molecule has 2 heterocycles. The number of rotatable bonds is 4. The zero-order valence-corrected chi connectivity index (χ0v) is 18.6. The molecular formula is C26H22FNO5. The molecule has 6 nitrogen and oxygen atoms in total. The van der Waals surface area contributed by atoms with Gasteiger partial charge < -0.3 is 14.3 Å². The number of halogens is 1. The third kappa shape index (κ3) is 4.48. The summed E-state index contributed by atoms with van der Waals surface area (Å²) >= 11 is 0. The molecule has 0 amide bonds. The van der Waals surface area contributed by atoms with E-state index in [2.05, 4.69) is 4.98 Å². The van der Waals surface area contributed by atoms with Gasteiger partial charge in [0.1, 0.15) is 17.0 Å². The van der Waals surface area contributed by atoms with E-state index in [0.29, 0.717) is 27.6 Å². The number of fused-ring (bicyclic) bond motifs is 1. The molecule has 0 bridgehead atoms. The summed E-state index contributed by atoms with van der Waals surface area (Å²) in [7, 11) is 0. The molecule has 168 valence electrons. The Kier molecular flexibility index (Phi) is 5.49. The second kappa shape index (κ2) is 8.16. The van der Waals surface area contributed by atoms with Gasteiger partial charge in [-0.3, -0.25) is 0 Å². The molecule has 0 unspecified atom stereocenters. The molecule has 4 aromatic rings. The minimum absolute atomic E-state index is 0.0630. The zero-order chi connectivity index (χ0) is 23.9. The van der Waals surface area contributed by atoms with Crippen LogP contribution in [-0.4, -0.2) is 27.6 Å². The number of hydrogen-bond donors (Lipinski definition) is 1. The van der Waals surface area contributed by atoms with E-state index >= 15 is 0 Å². The fourth-order valence-electron chi connectivity index (χ4n) is 3.54. The van der Waals surface area contributed by atoms with Gasteiger partial charge in [-0.1, -0.05) is 6.07 Å². The normalized spacial score (nSPS) is 11.5. The number of hydrogen-bond acceptors (Lipinski definition) is 5. The Labute approximate surface area is 189 Å². The first-order valence-electron chi connectivity index (χ1n) is 10.3. The molecule has 0 radical (unpaired) electrons. The highest BCUT2D eigenvalue weighted by atomic mass is 19.1. The predicted molar refractivity (Wildman–Crippen MR) is 122 cm³/mol. The van der Waals surface area contributed by atoms with Crippen molar-refractivity contribution in [3.63, 3.8) is 0 Å². The number of carboxylic acids is 1. The van der Waals surface area contributed by atoms with Crippen molar-refractivity contribution in [3.05, 3.63) is 77.2 Å². The summed E-state index contributed by atoms with van der Waals surface area (Å²) in [6, 6.07) is 12.2. The summed E-state index contributed by atoms with van der Waals surface area (Å²) in [5.74, 6) is -1.98. The fraction of sp³-hybridized carbons (Fsp3) is 0.192. The lowest BCUT2D eigenvalue weighted by atomic mass is 9.97. The third-order valence-corrected chi connectivity index (χ3v) is 5.05. The van der Waals surface area contributed by atoms with Crippen molar-refractivity contribution < 1.29 is 28.2 Å². The summed E-state index contributed by atoms with van der Waals surface area (Å²) in [5.41, 5.74) is 2.48. The number of benzene rings is 2. The monoisotopic (exact) mass is 447 g/mol.